The topological polar surface area (TPSA) is 121 Å². The molecule has 0 bridgehead atoms. The summed E-state index contributed by atoms with van der Waals surface area (Å²) in [6, 6.07) is 11.5. The fraction of sp³-hybridized carbons (Fsp3) is 0.238. The van der Waals surface area contributed by atoms with E-state index in [0.717, 1.165) is 40.7 Å². The summed E-state index contributed by atoms with van der Waals surface area (Å²) < 4.78 is 74.7. The van der Waals surface area contributed by atoms with Gasteiger partial charge in [-0.2, -0.15) is 0 Å². The van der Waals surface area contributed by atoms with E-state index in [1.807, 2.05) is 28.8 Å². The lowest BCUT2D eigenvalue weighted by Gasteiger charge is -2.11. The van der Waals surface area contributed by atoms with Crippen LogP contribution < -0.4 is 15.2 Å². The molecule has 34 heavy (non-hydrogen) atoms. The summed E-state index contributed by atoms with van der Waals surface area (Å²) in [5.74, 6) is -0.173. The van der Waals surface area contributed by atoms with Crippen LogP contribution in [-0.2, 0) is 21.3 Å². The van der Waals surface area contributed by atoms with Crippen molar-refractivity contribution in [2.24, 2.45) is 0 Å². The van der Waals surface area contributed by atoms with Crippen LogP contribution in [0.1, 0.15) is 0 Å². The van der Waals surface area contributed by atoms with E-state index in [2.05, 4.69) is 19.4 Å². The van der Waals surface area contributed by atoms with E-state index in [1.165, 1.54) is 0 Å². The molecule has 0 fully saturated rings. The second-order valence-electron chi connectivity index (χ2n) is 7.18. The van der Waals surface area contributed by atoms with Crippen LogP contribution in [0.4, 0.5) is 19.0 Å². The maximum Gasteiger partial charge on any atom is 0.573 e. The maximum absolute atomic E-state index is 12.3. The molecule has 0 saturated carbocycles. The van der Waals surface area contributed by atoms with E-state index in [9.17, 15) is 21.6 Å². The van der Waals surface area contributed by atoms with Gasteiger partial charge >= 0.3 is 6.36 Å². The molecular formula is C21H20F3N5O4S. The first-order valence-electron chi connectivity index (χ1n) is 10.1. The number of nitrogens with one attached hydrogen (secondary N) is 1. The fourth-order valence-corrected chi connectivity index (χ4v) is 4.41. The first kappa shape index (κ1) is 23.7. The SMILES string of the molecule is Nc1nc2ccccc2c2c1ncn2CCOCCNS(=O)(=O)c1ccc(OC(F)(F)F)cc1. The Morgan fingerprint density at radius 3 is 2.53 bits per heavy atom. The average molecular weight is 495 g/mol. The quantitative estimate of drug-likeness (QED) is 0.342. The highest BCUT2D eigenvalue weighted by Gasteiger charge is 2.31. The molecule has 0 aliphatic heterocycles. The van der Waals surface area contributed by atoms with Crippen molar-refractivity contribution in [2.45, 2.75) is 17.8 Å². The Hall–Kier alpha value is -3.42. The minimum Gasteiger partial charge on any atom is -0.406 e. The van der Waals surface area contributed by atoms with Crippen molar-refractivity contribution in [3.8, 4) is 5.75 Å². The molecule has 0 radical (unpaired) electrons. The zero-order valence-electron chi connectivity index (χ0n) is 17.6. The number of para-hydroxylation sites is 1. The summed E-state index contributed by atoms with van der Waals surface area (Å²) in [6.45, 7) is 0.809. The number of nitrogens with two attached hydrogens (primary N) is 1. The smallest absolute Gasteiger partial charge is 0.406 e. The molecule has 2 aromatic carbocycles. The van der Waals surface area contributed by atoms with E-state index in [0.29, 0.717) is 17.9 Å². The summed E-state index contributed by atoms with van der Waals surface area (Å²) in [5.41, 5.74) is 8.20. The molecule has 0 aliphatic carbocycles. The Morgan fingerprint density at radius 2 is 1.79 bits per heavy atom. The Morgan fingerprint density at radius 1 is 1.06 bits per heavy atom. The van der Waals surface area contributed by atoms with Gasteiger partial charge < -0.3 is 19.8 Å². The lowest BCUT2D eigenvalue weighted by Crippen LogP contribution is -2.27. The number of nitrogen functional groups attached to an aromatic ring is 1. The highest BCUT2D eigenvalue weighted by atomic mass is 32.2. The van der Waals surface area contributed by atoms with E-state index in [1.54, 1.807) is 6.33 Å². The number of anilines is 1. The fourth-order valence-electron chi connectivity index (χ4n) is 3.39. The van der Waals surface area contributed by atoms with Crippen LogP contribution >= 0.6 is 0 Å². The third-order valence-electron chi connectivity index (χ3n) is 4.86. The number of benzene rings is 2. The molecule has 0 spiro atoms. The van der Waals surface area contributed by atoms with E-state index in [4.69, 9.17) is 10.5 Å². The van der Waals surface area contributed by atoms with Gasteiger partial charge in [-0.3, -0.25) is 0 Å². The van der Waals surface area contributed by atoms with Crippen LogP contribution in [0.3, 0.4) is 0 Å². The third kappa shape index (κ3) is 5.38. The predicted octanol–water partition coefficient (Wildman–Crippen LogP) is 3.06. The zero-order chi connectivity index (χ0) is 24.3. The van der Waals surface area contributed by atoms with Gasteiger partial charge in [0.1, 0.15) is 11.3 Å². The standard InChI is InChI=1S/C21H20F3N5O4S/c22-21(23,24)33-14-5-7-15(8-6-14)34(30,31)27-9-11-32-12-10-29-13-26-18-19(29)16-3-1-2-4-17(16)28-20(18)25/h1-8,13,27H,9-12H2,(H2,25,28). The molecule has 3 N–H and O–H groups in total. The molecule has 2 heterocycles. The van der Waals surface area contributed by atoms with Gasteiger partial charge in [0.2, 0.25) is 10.0 Å². The first-order chi connectivity index (χ1) is 16.1. The zero-order valence-corrected chi connectivity index (χ0v) is 18.4. The highest BCUT2D eigenvalue weighted by molar-refractivity contribution is 7.89. The second kappa shape index (κ2) is 9.44. The van der Waals surface area contributed by atoms with Gasteiger partial charge in [-0.25, -0.2) is 23.1 Å². The molecule has 4 aromatic rings. The van der Waals surface area contributed by atoms with Gasteiger partial charge in [0.25, 0.3) is 0 Å². The minimum atomic E-state index is -4.85. The maximum atomic E-state index is 12.3. The van der Waals surface area contributed by atoms with Crippen LogP contribution in [0.5, 0.6) is 5.75 Å². The highest BCUT2D eigenvalue weighted by Crippen LogP contribution is 2.27. The van der Waals surface area contributed by atoms with Crippen molar-refractivity contribution in [1.29, 1.82) is 0 Å². The number of pyridine rings is 1. The molecular weight excluding hydrogens is 475 g/mol. The van der Waals surface area contributed by atoms with Gasteiger partial charge in [-0.15, -0.1) is 13.2 Å². The number of hydrogen-bond donors (Lipinski definition) is 2. The summed E-state index contributed by atoms with van der Waals surface area (Å²) in [5, 5.41) is 0.906. The summed E-state index contributed by atoms with van der Waals surface area (Å²) in [6.07, 6.45) is -3.21. The minimum absolute atomic E-state index is 0.0202. The van der Waals surface area contributed by atoms with Crippen molar-refractivity contribution in [1.82, 2.24) is 19.3 Å². The number of fused-ring (bicyclic) bond motifs is 3. The number of halogens is 3. The lowest BCUT2D eigenvalue weighted by atomic mass is 10.2. The molecule has 180 valence electrons. The van der Waals surface area contributed by atoms with Crippen LogP contribution in [0.25, 0.3) is 21.9 Å². The summed E-state index contributed by atoms with van der Waals surface area (Å²) in [4.78, 5) is 8.50. The Kier molecular flexibility index (Phi) is 6.59. The predicted molar refractivity (Wildman–Crippen MR) is 119 cm³/mol. The number of ether oxygens (including phenoxy) is 2. The Balaban J connectivity index is 1.29. The lowest BCUT2D eigenvalue weighted by molar-refractivity contribution is -0.274. The van der Waals surface area contributed by atoms with Crippen LogP contribution in [0.15, 0.2) is 59.8 Å². The largest absolute Gasteiger partial charge is 0.573 e. The van der Waals surface area contributed by atoms with Crippen molar-refractivity contribution >= 4 is 37.8 Å². The summed E-state index contributed by atoms with van der Waals surface area (Å²) >= 11 is 0. The van der Waals surface area contributed by atoms with Gasteiger partial charge in [-0.05, 0) is 30.3 Å². The third-order valence-corrected chi connectivity index (χ3v) is 6.34. The van der Waals surface area contributed by atoms with E-state index in [-0.39, 0.29) is 24.7 Å². The molecule has 0 aliphatic rings. The van der Waals surface area contributed by atoms with Gasteiger partial charge in [0, 0.05) is 18.5 Å². The molecule has 0 amide bonds. The number of nitrogens with zero attached hydrogens (tertiary/aromatic N) is 3. The number of sulfonamides is 1. The Bertz CT molecular complexity index is 1410. The molecule has 0 unspecified atom stereocenters. The number of hydrogen-bond acceptors (Lipinski definition) is 7. The average Bonchev–Trinajstić information content (AvgIpc) is 3.20. The van der Waals surface area contributed by atoms with Crippen LogP contribution in [-0.4, -0.2) is 49.1 Å². The van der Waals surface area contributed by atoms with Gasteiger partial charge in [0.05, 0.1) is 35.5 Å². The van der Waals surface area contributed by atoms with Crippen LogP contribution in [0.2, 0.25) is 0 Å². The number of aromatic nitrogens is 3. The molecule has 2 aromatic heterocycles. The molecule has 0 atom stereocenters. The van der Waals surface area contributed by atoms with E-state index < -0.39 is 22.1 Å². The molecule has 0 saturated heterocycles. The monoisotopic (exact) mass is 495 g/mol. The number of rotatable bonds is 9. The molecule has 4 rings (SSSR count). The van der Waals surface area contributed by atoms with Crippen LogP contribution in [0, 0.1) is 0 Å². The summed E-state index contributed by atoms with van der Waals surface area (Å²) in [7, 11) is -3.91. The van der Waals surface area contributed by atoms with Crippen molar-refractivity contribution in [2.75, 3.05) is 25.5 Å². The van der Waals surface area contributed by atoms with Gasteiger partial charge in [-0.1, -0.05) is 18.2 Å². The first-order valence-corrected chi connectivity index (χ1v) is 11.5. The number of alkyl halides is 3. The molecule has 13 heteroatoms. The normalized spacial score (nSPS) is 12.4. The number of imidazole rings is 1. The second-order valence-corrected chi connectivity index (χ2v) is 8.95. The van der Waals surface area contributed by atoms with E-state index >= 15 is 0 Å². The Labute approximate surface area is 192 Å². The molecule has 9 nitrogen and oxygen atoms in total. The van der Waals surface area contributed by atoms with Crippen molar-refractivity contribution in [3.05, 3.63) is 54.9 Å². The van der Waals surface area contributed by atoms with Crippen molar-refractivity contribution < 1.29 is 31.1 Å². The van der Waals surface area contributed by atoms with Gasteiger partial charge in [0.15, 0.2) is 5.82 Å². The van der Waals surface area contributed by atoms with Crippen molar-refractivity contribution in [3.63, 3.8) is 0 Å².